The molecule has 13 heteroatoms. The van der Waals surface area contributed by atoms with Gasteiger partial charge < -0.3 is 25.3 Å². The van der Waals surface area contributed by atoms with Crippen LogP contribution in [0.15, 0.2) is 46.0 Å². The van der Waals surface area contributed by atoms with Gasteiger partial charge in [-0.05, 0) is 19.9 Å². The molecule has 3 N–H and O–H groups in total. The lowest BCUT2D eigenvalue weighted by Crippen LogP contribution is -2.53. The minimum Gasteiger partial charge on any atom is -0.478 e. The number of fused-ring (bicyclic) bond motifs is 1. The van der Waals surface area contributed by atoms with E-state index in [9.17, 15) is 24.2 Å². The second-order valence-electron chi connectivity index (χ2n) is 10.2. The maximum atomic E-state index is 14.4. The lowest BCUT2D eigenvalue weighted by molar-refractivity contribution is -0.133. The Labute approximate surface area is 228 Å². The van der Waals surface area contributed by atoms with Crippen molar-refractivity contribution in [1.29, 1.82) is 0 Å². The number of β-amino-alcohol motifs (C(OH)–C–C–N with tert-alkyl or cyclic N) is 1. The molecule has 202 valence electrons. The predicted octanol–water partition coefficient (Wildman–Crippen LogP) is 2.56. The van der Waals surface area contributed by atoms with Gasteiger partial charge in [-0.1, -0.05) is 23.7 Å². The number of rotatable bonds is 7. The normalized spacial score (nSPS) is 22.4. The van der Waals surface area contributed by atoms with Crippen LogP contribution in [0.2, 0.25) is 5.02 Å². The van der Waals surface area contributed by atoms with Gasteiger partial charge in [0.05, 0.1) is 28.8 Å². The highest BCUT2D eigenvalue weighted by Crippen LogP contribution is 2.37. The molecule has 0 bridgehead atoms. The third kappa shape index (κ3) is 5.26. The van der Waals surface area contributed by atoms with E-state index in [0.29, 0.717) is 42.7 Å². The molecule has 0 radical (unpaired) electrons. The lowest BCUT2D eigenvalue weighted by atomic mass is 9.95. The van der Waals surface area contributed by atoms with Crippen molar-refractivity contribution in [1.82, 2.24) is 25.0 Å². The molecular weight excluding hydrogens is 535 g/mol. The monoisotopic (exact) mass is 562 g/mol. The fraction of sp³-hybridized carbons (Fsp3) is 0.440. The molecule has 3 aliphatic rings. The van der Waals surface area contributed by atoms with Gasteiger partial charge in [-0.15, -0.1) is 11.3 Å². The molecule has 5 rings (SSSR count). The number of aliphatic hydroxyl groups is 1. The second-order valence-corrected chi connectivity index (χ2v) is 11.5. The molecule has 38 heavy (non-hydrogen) atoms. The van der Waals surface area contributed by atoms with Crippen LogP contribution in [0.25, 0.3) is 0 Å². The molecule has 0 unspecified atom stereocenters. The van der Waals surface area contributed by atoms with E-state index in [-0.39, 0.29) is 41.3 Å². The number of amides is 2. The number of carbonyl (C=O) groups is 2. The van der Waals surface area contributed by atoms with Crippen LogP contribution in [-0.2, 0) is 4.79 Å². The first-order chi connectivity index (χ1) is 18.0. The molecule has 1 aromatic carbocycles. The van der Waals surface area contributed by atoms with Crippen LogP contribution in [0.4, 0.5) is 9.18 Å². The van der Waals surface area contributed by atoms with Gasteiger partial charge in [0.15, 0.2) is 10.8 Å². The third-order valence-corrected chi connectivity index (χ3v) is 7.92. The third-order valence-electron chi connectivity index (χ3n) is 6.74. The van der Waals surface area contributed by atoms with Crippen LogP contribution >= 0.6 is 22.9 Å². The molecule has 2 aromatic rings. The molecule has 10 nitrogen and oxygen atoms in total. The summed E-state index contributed by atoms with van der Waals surface area (Å²) in [6.45, 7) is 5.84. The fourth-order valence-electron chi connectivity index (χ4n) is 5.19. The molecule has 0 aliphatic carbocycles. The SMILES string of the molecule is CC(C)(O)CN1C[C@H]2CN(CC3=C(C(=O)O)[C@H](c4cccc(F)c4Cl)N=C(c4nccs4)N3)CCN2C1=O. The van der Waals surface area contributed by atoms with E-state index in [1.807, 2.05) is 0 Å². The minimum absolute atomic E-state index is 0.0219. The summed E-state index contributed by atoms with van der Waals surface area (Å²) in [5.74, 6) is -1.46. The van der Waals surface area contributed by atoms with Gasteiger partial charge in [-0.3, -0.25) is 9.89 Å². The van der Waals surface area contributed by atoms with E-state index in [4.69, 9.17) is 11.6 Å². The van der Waals surface area contributed by atoms with Gasteiger partial charge in [0.25, 0.3) is 0 Å². The quantitative estimate of drug-likeness (QED) is 0.474. The summed E-state index contributed by atoms with van der Waals surface area (Å²) in [4.78, 5) is 39.9. The standard InChI is InChI=1S/C25H28ClFN6O4S/c1-25(2,37)13-32-11-14-10-31(7-8-33(14)24(32)36)12-17-18(23(34)35)20(15-4-3-5-16(27)19(15)26)30-21(29-17)22-28-6-9-38-22/h3-6,9,14,20,37H,7-8,10-13H2,1-2H3,(H,29,30)(H,34,35)/t14-,20+/m1/s1. The Kier molecular flexibility index (Phi) is 7.16. The molecule has 2 amide bonds. The smallest absolute Gasteiger partial charge is 0.335 e. The maximum Gasteiger partial charge on any atom is 0.335 e. The van der Waals surface area contributed by atoms with Gasteiger partial charge in [0.1, 0.15) is 11.9 Å². The van der Waals surface area contributed by atoms with Crippen LogP contribution in [0, 0.1) is 5.82 Å². The van der Waals surface area contributed by atoms with Crippen LogP contribution < -0.4 is 5.32 Å². The van der Waals surface area contributed by atoms with Crippen LogP contribution in [-0.4, -0.2) is 98.6 Å². The first-order valence-electron chi connectivity index (χ1n) is 12.2. The number of aliphatic imine (C=N–C) groups is 1. The van der Waals surface area contributed by atoms with E-state index in [2.05, 4.69) is 20.2 Å². The van der Waals surface area contributed by atoms with E-state index in [0.717, 1.165) is 0 Å². The number of carboxylic acid groups (broad SMARTS) is 1. The molecule has 0 saturated carbocycles. The van der Waals surface area contributed by atoms with Gasteiger partial charge in [0.2, 0.25) is 0 Å². The number of piperazine rings is 1. The summed E-state index contributed by atoms with van der Waals surface area (Å²) in [6, 6.07) is 3.04. The highest BCUT2D eigenvalue weighted by Gasteiger charge is 2.42. The Morgan fingerprint density at radius 1 is 1.32 bits per heavy atom. The fourth-order valence-corrected chi connectivity index (χ4v) is 6.00. The number of thiazole rings is 1. The zero-order valence-corrected chi connectivity index (χ0v) is 22.5. The summed E-state index contributed by atoms with van der Waals surface area (Å²) in [5, 5.41) is 25.8. The summed E-state index contributed by atoms with van der Waals surface area (Å²) in [6.07, 6.45) is 1.63. The Morgan fingerprint density at radius 2 is 2.11 bits per heavy atom. The first-order valence-corrected chi connectivity index (χ1v) is 13.4. The number of aliphatic carboxylic acids is 1. The highest BCUT2D eigenvalue weighted by molar-refractivity contribution is 7.11. The summed E-state index contributed by atoms with van der Waals surface area (Å²) in [5.41, 5.74) is -0.359. The number of aromatic nitrogens is 1. The number of hydrogen-bond acceptors (Lipinski definition) is 8. The number of halogens is 2. The molecular formula is C25H28ClFN6O4S. The van der Waals surface area contributed by atoms with Crippen molar-refractivity contribution >= 4 is 40.8 Å². The Hall–Kier alpha value is -3.06. The zero-order valence-electron chi connectivity index (χ0n) is 20.9. The molecule has 0 spiro atoms. The molecule has 2 saturated heterocycles. The van der Waals surface area contributed by atoms with Crippen molar-refractivity contribution in [3.8, 4) is 0 Å². The zero-order chi connectivity index (χ0) is 27.2. The molecule has 2 atom stereocenters. The summed E-state index contributed by atoms with van der Waals surface area (Å²) in [7, 11) is 0. The van der Waals surface area contributed by atoms with Crippen molar-refractivity contribution in [2.45, 2.75) is 31.5 Å². The van der Waals surface area contributed by atoms with Crippen molar-refractivity contribution in [3.05, 3.63) is 62.5 Å². The Morgan fingerprint density at radius 3 is 2.79 bits per heavy atom. The second kappa shape index (κ2) is 10.3. The average Bonchev–Trinajstić information content (AvgIpc) is 3.48. The molecule has 1 aromatic heterocycles. The lowest BCUT2D eigenvalue weighted by Gasteiger charge is -2.38. The minimum atomic E-state index is -1.19. The van der Waals surface area contributed by atoms with Gasteiger partial charge in [-0.25, -0.2) is 19.0 Å². The average molecular weight is 563 g/mol. The van der Waals surface area contributed by atoms with Crippen LogP contribution in [0.5, 0.6) is 0 Å². The van der Waals surface area contributed by atoms with Gasteiger partial charge in [0, 0.05) is 55.6 Å². The summed E-state index contributed by atoms with van der Waals surface area (Å²) >= 11 is 7.62. The topological polar surface area (TPSA) is 122 Å². The van der Waals surface area contributed by atoms with Crippen LogP contribution in [0.3, 0.4) is 0 Å². The van der Waals surface area contributed by atoms with Gasteiger partial charge >= 0.3 is 12.0 Å². The maximum absolute atomic E-state index is 14.4. The first kappa shape index (κ1) is 26.5. The number of carboxylic acids is 1. The number of benzene rings is 1. The molecule has 4 heterocycles. The van der Waals surface area contributed by atoms with Gasteiger partial charge in [-0.2, -0.15) is 0 Å². The number of carbonyl (C=O) groups excluding carboxylic acids is 1. The summed E-state index contributed by atoms with van der Waals surface area (Å²) < 4.78 is 14.4. The number of hydrogen-bond donors (Lipinski definition) is 3. The van der Waals surface area contributed by atoms with E-state index in [1.165, 1.54) is 23.5 Å². The number of urea groups is 1. The Balaban J connectivity index is 1.44. The largest absolute Gasteiger partial charge is 0.478 e. The van der Waals surface area contributed by atoms with E-state index >= 15 is 0 Å². The van der Waals surface area contributed by atoms with Crippen molar-refractivity contribution in [3.63, 3.8) is 0 Å². The predicted molar refractivity (Wildman–Crippen MR) is 141 cm³/mol. The van der Waals surface area contributed by atoms with Crippen molar-refractivity contribution in [2.75, 3.05) is 39.3 Å². The molecule has 2 fully saturated rings. The number of nitrogens with zero attached hydrogens (tertiary/aromatic N) is 5. The number of amidine groups is 1. The van der Waals surface area contributed by atoms with Crippen molar-refractivity contribution in [2.24, 2.45) is 4.99 Å². The Bertz CT molecular complexity index is 1310. The van der Waals surface area contributed by atoms with Crippen molar-refractivity contribution < 1.29 is 24.2 Å². The van der Waals surface area contributed by atoms with E-state index in [1.54, 1.807) is 41.3 Å². The van der Waals surface area contributed by atoms with E-state index < -0.39 is 23.4 Å². The number of nitrogens with one attached hydrogen (secondary N) is 1. The highest BCUT2D eigenvalue weighted by atomic mass is 35.5. The van der Waals surface area contributed by atoms with Crippen LogP contribution in [0.1, 0.15) is 30.5 Å². The molecule has 3 aliphatic heterocycles.